The number of aryl methyl sites for hydroxylation is 1. The lowest BCUT2D eigenvalue weighted by Gasteiger charge is -2.26. The van der Waals surface area contributed by atoms with Gasteiger partial charge in [-0.2, -0.15) is 0 Å². The van der Waals surface area contributed by atoms with Crippen LogP contribution in [0.5, 0.6) is 0 Å². The Labute approximate surface area is 123 Å². The highest BCUT2D eigenvalue weighted by Gasteiger charge is 2.25. The molecule has 2 unspecified atom stereocenters. The second-order valence-electron chi connectivity index (χ2n) is 6.22. The van der Waals surface area contributed by atoms with E-state index in [1.54, 1.807) is 6.07 Å². The Balaban J connectivity index is 2.12. The van der Waals surface area contributed by atoms with E-state index in [4.69, 9.17) is 0 Å². The largest absolute Gasteiger partial charge is 0.316 e. The summed E-state index contributed by atoms with van der Waals surface area (Å²) in [6, 6.07) is 5.72. The summed E-state index contributed by atoms with van der Waals surface area (Å²) in [5, 5.41) is 3.58. The molecule has 1 aliphatic rings. The summed E-state index contributed by atoms with van der Waals surface area (Å²) in [5.41, 5.74) is 2.13. The lowest BCUT2D eigenvalue weighted by atomic mass is 9.82. The van der Waals surface area contributed by atoms with Crippen LogP contribution < -0.4 is 5.32 Å². The van der Waals surface area contributed by atoms with Crippen LogP contribution in [-0.2, 0) is 0 Å². The van der Waals surface area contributed by atoms with E-state index in [9.17, 15) is 4.39 Å². The van der Waals surface area contributed by atoms with Gasteiger partial charge in [-0.05, 0) is 68.3 Å². The molecule has 0 bridgehead atoms. The molecule has 1 aromatic carbocycles. The first-order valence-electron chi connectivity index (χ1n) is 8.19. The minimum atomic E-state index is -0.0805. The zero-order valence-corrected chi connectivity index (χ0v) is 12.9. The van der Waals surface area contributed by atoms with Crippen LogP contribution in [0.3, 0.4) is 0 Å². The van der Waals surface area contributed by atoms with E-state index in [1.807, 2.05) is 13.0 Å². The summed E-state index contributed by atoms with van der Waals surface area (Å²) >= 11 is 0. The summed E-state index contributed by atoms with van der Waals surface area (Å²) in [4.78, 5) is 0. The van der Waals surface area contributed by atoms with Gasteiger partial charge in [0.1, 0.15) is 5.82 Å². The summed E-state index contributed by atoms with van der Waals surface area (Å²) in [7, 11) is 0. The highest BCUT2D eigenvalue weighted by atomic mass is 19.1. The molecule has 0 amide bonds. The van der Waals surface area contributed by atoms with E-state index in [-0.39, 0.29) is 5.82 Å². The molecule has 0 saturated heterocycles. The molecule has 0 heterocycles. The minimum absolute atomic E-state index is 0.0805. The molecule has 1 fully saturated rings. The third-order valence-corrected chi connectivity index (χ3v) is 4.60. The molecule has 0 radical (unpaired) electrons. The number of benzene rings is 1. The van der Waals surface area contributed by atoms with Gasteiger partial charge in [-0.1, -0.05) is 38.3 Å². The maximum absolute atomic E-state index is 13.5. The molecule has 1 saturated carbocycles. The number of hydrogen-bond acceptors (Lipinski definition) is 1. The molecule has 0 spiro atoms. The predicted molar refractivity (Wildman–Crippen MR) is 83.6 cm³/mol. The van der Waals surface area contributed by atoms with Gasteiger partial charge in [0.15, 0.2) is 0 Å². The first-order valence-corrected chi connectivity index (χ1v) is 8.19. The van der Waals surface area contributed by atoms with Crippen LogP contribution in [0.1, 0.15) is 62.5 Å². The molecule has 2 heteroatoms. The van der Waals surface area contributed by atoms with Gasteiger partial charge in [-0.15, -0.1) is 0 Å². The molecule has 1 N–H and O–H groups in total. The van der Waals surface area contributed by atoms with Crippen molar-refractivity contribution in [2.75, 3.05) is 13.1 Å². The van der Waals surface area contributed by atoms with Crippen molar-refractivity contribution in [3.63, 3.8) is 0 Å². The molecule has 0 aliphatic heterocycles. The Morgan fingerprint density at radius 1 is 1.20 bits per heavy atom. The SMILES string of the molecule is CCCNCC1CCCCCC1c1ccc(F)c(C)c1. The maximum atomic E-state index is 13.5. The molecular weight excluding hydrogens is 249 g/mol. The Bertz CT molecular complexity index is 416. The molecule has 0 aromatic heterocycles. The van der Waals surface area contributed by atoms with Gasteiger partial charge in [-0.3, -0.25) is 0 Å². The summed E-state index contributed by atoms with van der Waals surface area (Å²) in [6.45, 7) is 6.29. The van der Waals surface area contributed by atoms with Crippen molar-refractivity contribution in [2.24, 2.45) is 5.92 Å². The van der Waals surface area contributed by atoms with Crippen molar-refractivity contribution in [3.8, 4) is 0 Å². The van der Waals surface area contributed by atoms with Gasteiger partial charge in [0.2, 0.25) is 0 Å². The van der Waals surface area contributed by atoms with Crippen LogP contribution in [0.15, 0.2) is 18.2 Å². The van der Waals surface area contributed by atoms with Crippen LogP contribution in [0, 0.1) is 18.7 Å². The van der Waals surface area contributed by atoms with Gasteiger partial charge in [0.05, 0.1) is 0 Å². The predicted octanol–water partition coefficient (Wildman–Crippen LogP) is 4.80. The summed E-state index contributed by atoms with van der Waals surface area (Å²) in [5.74, 6) is 1.22. The minimum Gasteiger partial charge on any atom is -0.316 e. The van der Waals surface area contributed by atoms with Gasteiger partial charge in [0.25, 0.3) is 0 Å². The third-order valence-electron chi connectivity index (χ3n) is 4.60. The number of nitrogens with one attached hydrogen (secondary N) is 1. The highest BCUT2D eigenvalue weighted by Crippen LogP contribution is 2.36. The Kier molecular flexibility index (Phi) is 6.03. The smallest absolute Gasteiger partial charge is 0.126 e. The van der Waals surface area contributed by atoms with E-state index >= 15 is 0 Å². The van der Waals surface area contributed by atoms with E-state index in [1.165, 1.54) is 44.1 Å². The standard InChI is InChI=1S/C18H28FN/c1-3-11-20-13-16-7-5-4-6-8-17(16)15-9-10-18(19)14(2)12-15/h9-10,12,16-17,20H,3-8,11,13H2,1-2H3. The van der Waals surface area contributed by atoms with Crippen LogP contribution in [0.2, 0.25) is 0 Å². The topological polar surface area (TPSA) is 12.0 Å². The Morgan fingerprint density at radius 2 is 2.00 bits per heavy atom. The Hall–Kier alpha value is -0.890. The van der Waals surface area contributed by atoms with Crippen molar-refractivity contribution in [3.05, 3.63) is 35.1 Å². The monoisotopic (exact) mass is 277 g/mol. The number of halogens is 1. The van der Waals surface area contributed by atoms with Crippen molar-refractivity contribution in [1.29, 1.82) is 0 Å². The van der Waals surface area contributed by atoms with Gasteiger partial charge < -0.3 is 5.32 Å². The first kappa shape index (κ1) is 15.5. The molecule has 2 atom stereocenters. The van der Waals surface area contributed by atoms with Crippen LogP contribution in [-0.4, -0.2) is 13.1 Å². The maximum Gasteiger partial charge on any atom is 0.126 e. The normalized spacial score (nSPS) is 23.6. The van der Waals surface area contributed by atoms with Crippen molar-refractivity contribution in [1.82, 2.24) is 5.32 Å². The quantitative estimate of drug-likeness (QED) is 0.602. The average Bonchev–Trinajstić information content (AvgIpc) is 2.68. The van der Waals surface area contributed by atoms with E-state index in [0.29, 0.717) is 11.8 Å². The second kappa shape index (κ2) is 7.78. The van der Waals surface area contributed by atoms with E-state index < -0.39 is 0 Å². The number of rotatable bonds is 5. The zero-order chi connectivity index (χ0) is 14.4. The zero-order valence-electron chi connectivity index (χ0n) is 12.9. The summed E-state index contributed by atoms with van der Waals surface area (Å²) < 4.78 is 13.5. The average molecular weight is 277 g/mol. The fourth-order valence-electron chi connectivity index (χ4n) is 3.43. The number of hydrogen-bond donors (Lipinski definition) is 1. The molecule has 20 heavy (non-hydrogen) atoms. The van der Waals surface area contributed by atoms with Gasteiger partial charge in [-0.25, -0.2) is 4.39 Å². The van der Waals surface area contributed by atoms with Crippen molar-refractivity contribution >= 4 is 0 Å². The summed E-state index contributed by atoms with van der Waals surface area (Å²) in [6.07, 6.45) is 7.75. The van der Waals surface area contributed by atoms with Gasteiger partial charge >= 0.3 is 0 Å². The fraction of sp³-hybridized carbons (Fsp3) is 0.667. The Morgan fingerprint density at radius 3 is 2.75 bits per heavy atom. The first-order chi connectivity index (χ1) is 9.72. The van der Waals surface area contributed by atoms with Gasteiger partial charge in [0, 0.05) is 0 Å². The lowest BCUT2D eigenvalue weighted by Crippen LogP contribution is -2.27. The molecule has 1 aromatic rings. The lowest BCUT2D eigenvalue weighted by molar-refractivity contribution is 0.375. The second-order valence-corrected chi connectivity index (χ2v) is 6.22. The molecule has 112 valence electrons. The fourth-order valence-corrected chi connectivity index (χ4v) is 3.43. The van der Waals surface area contributed by atoms with Crippen molar-refractivity contribution < 1.29 is 4.39 Å². The van der Waals surface area contributed by atoms with E-state index in [0.717, 1.165) is 18.7 Å². The molecule has 1 nitrogen and oxygen atoms in total. The third kappa shape index (κ3) is 4.05. The highest BCUT2D eigenvalue weighted by molar-refractivity contribution is 5.27. The van der Waals surface area contributed by atoms with Crippen LogP contribution >= 0.6 is 0 Å². The molecule has 2 rings (SSSR count). The van der Waals surface area contributed by atoms with Crippen LogP contribution in [0.4, 0.5) is 4.39 Å². The molecule has 1 aliphatic carbocycles. The van der Waals surface area contributed by atoms with E-state index in [2.05, 4.69) is 18.3 Å². The van der Waals surface area contributed by atoms with Crippen molar-refractivity contribution in [2.45, 2.75) is 58.3 Å². The molecular formula is C18H28FN. The van der Waals surface area contributed by atoms with Crippen LogP contribution in [0.25, 0.3) is 0 Å².